The number of benzene rings is 2. The summed E-state index contributed by atoms with van der Waals surface area (Å²) in [6, 6.07) is 14.6. The van der Waals surface area contributed by atoms with E-state index in [0.717, 1.165) is 33.4 Å². The van der Waals surface area contributed by atoms with E-state index >= 15 is 0 Å². The standard InChI is InChI=1S/C22H22N4O2/c1-13-9-10-18(14(2)11-13)23-22(28)16(4)26-19-8-6-5-7-17(19)21-24-20(27)12-15(3)25(21)26/h5-12,16H,1-4H3,(H,23,28). The number of hydrogen-bond donors (Lipinski definition) is 1. The van der Waals surface area contributed by atoms with Crippen molar-refractivity contribution in [2.75, 3.05) is 5.32 Å². The number of amides is 1. The molecular weight excluding hydrogens is 352 g/mol. The third-order valence-electron chi connectivity index (χ3n) is 5.08. The maximum atomic E-state index is 13.1. The summed E-state index contributed by atoms with van der Waals surface area (Å²) in [5.74, 6) is -0.132. The molecule has 0 radical (unpaired) electrons. The lowest BCUT2D eigenvalue weighted by atomic mass is 10.1. The Labute approximate surface area is 162 Å². The average Bonchev–Trinajstić information content (AvgIpc) is 2.98. The fraction of sp³-hybridized carbons (Fsp3) is 0.227. The number of fused-ring (bicyclic) bond motifs is 3. The molecule has 1 N–H and O–H groups in total. The molecule has 2 aromatic heterocycles. The van der Waals surface area contributed by atoms with Crippen molar-refractivity contribution in [1.82, 2.24) is 14.2 Å². The van der Waals surface area contributed by atoms with Crippen molar-refractivity contribution in [2.24, 2.45) is 0 Å². The minimum Gasteiger partial charge on any atom is -0.324 e. The van der Waals surface area contributed by atoms with Crippen LogP contribution in [0.2, 0.25) is 0 Å². The summed E-state index contributed by atoms with van der Waals surface area (Å²) in [5, 5.41) is 3.87. The van der Waals surface area contributed by atoms with Gasteiger partial charge in [0.1, 0.15) is 6.04 Å². The van der Waals surface area contributed by atoms with E-state index in [9.17, 15) is 9.59 Å². The SMILES string of the molecule is Cc1ccc(NC(=O)C(C)n2c3ccccc3c3nc(=O)cc(C)n32)c(C)c1. The van der Waals surface area contributed by atoms with Crippen molar-refractivity contribution >= 4 is 28.1 Å². The van der Waals surface area contributed by atoms with Crippen LogP contribution < -0.4 is 10.9 Å². The molecule has 1 unspecified atom stereocenters. The molecule has 0 fully saturated rings. The second-order valence-electron chi connectivity index (χ2n) is 7.22. The Morgan fingerprint density at radius 2 is 1.82 bits per heavy atom. The van der Waals surface area contributed by atoms with Crippen LogP contribution in [0.4, 0.5) is 5.69 Å². The summed E-state index contributed by atoms with van der Waals surface area (Å²) in [4.78, 5) is 29.2. The first-order valence-electron chi connectivity index (χ1n) is 9.24. The van der Waals surface area contributed by atoms with E-state index in [1.54, 1.807) is 0 Å². The summed E-state index contributed by atoms with van der Waals surface area (Å²) in [6.45, 7) is 7.70. The van der Waals surface area contributed by atoms with Gasteiger partial charge in [-0.05, 0) is 51.5 Å². The molecule has 1 atom stereocenters. The van der Waals surface area contributed by atoms with Crippen LogP contribution in [0, 0.1) is 20.8 Å². The highest BCUT2D eigenvalue weighted by atomic mass is 16.2. The lowest BCUT2D eigenvalue weighted by Gasteiger charge is -2.19. The molecule has 0 aliphatic rings. The molecule has 0 aliphatic carbocycles. The highest BCUT2D eigenvalue weighted by Gasteiger charge is 2.22. The third kappa shape index (κ3) is 2.87. The molecule has 2 aromatic carbocycles. The van der Waals surface area contributed by atoms with Crippen LogP contribution in [0.3, 0.4) is 0 Å². The minimum atomic E-state index is -0.508. The van der Waals surface area contributed by atoms with Gasteiger partial charge < -0.3 is 5.32 Å². The lowest BCUT2D eigenvalue weighted by Crippen LogP contribution is -2.27. The van der Waals surface area contributed by atoms with E-state index in [-0.39, 0.29) is 11.5 Å². The molecule has 4 aromatic rings. The number of rotatable bonds is 3. The summed E-state index contributed by atoms with van der Waals surface area (Å²) >= 11 is 0. The second kappa shape index (κ2) is 6.64. The second-order valence-corrected chi connectivity index (χ2v) is 7.22. The van der Waals surface area contributed by atoms with Crippen LogP contribution in [0.25, 0.3) is 16.6 Å². The van der Waals surface area contributed by atoms with Crippen LogP contribution in [0.1, 0.15) is 29.8 Å². The van der Waals surface area contributed by atoms with Gasteiger partial charge in [-0.25, -0.2) is 4.52 Å². The zero-order valence-electron chi connectivity index (χ0n) is 16.4. The van der Waals surface area contributed by atoms with E-state index in [2.05, 4.69) is 10.3 Å². The quantitative estimate of drug-likeness (QED) is 0.593. The van der Waals surface area contributed by atoms with Gasteiger partial charge >= 0.3 is 0 Å². The van der Waals surface area contributed by atoms with E-state index < -0.39 is 6.04 Å². The smallest absolute Gasteiger partial charge is 0.273 e. The third-order valence-corrected chi connectivity index (χ3v) is 5.08. The number of hydrogen-bond acceptors (Lipinski definition) is 3. The molecule has 0 saturated carbocycles. The Hall–Kier alpha value is -3.41. The van der Waals surface area contributed by atoms with Crippen LogP contribution in [0.15, 0.2) is 53.3 Å². The fourth-order valence-electron chi connectivity index (χ4n) is 3.69. The monoisotopic (exact) mass is 374 g/mol. The first-order chi connectivity index (χ1) is 13.4. The average molecular weight is 374 g/mol. The summed E-state index contributed by atoms with van der Waals surface area (Å²) in [7, 11) is 0. The molecule has 0 saturated heterocycles. The van der Waals surface area contributed by atoms with Gasteiger partial charge in [0.2, 0.25) is 5.91 Å². The van der Waals surface area contributed by atoms with Crippen molar-refractivity contribution in [2.45, 2.75) is 33.7 Å². The molecule has 6 heteroatoms. The highest BCUT2D eigenvalue weighted by Crippen LogP contribution is 2.26. The molecule has 6 nitrogen and oxygen atoms in total. The number of nitrogens with zero attached hydrogens (tertiary/aromatic N) is 3. The predicted octanol–water partition coefficient (Wildman–Crippen LogP) is 3.77. The molecule has 0 spiro atoms. The maximum Gasteiger partial charge on any atom is 0.273 e. The number of aromatic nitrogens is 3. The number of aryl methyl sites for hydroxylation is 3. The molecule has 0 aliphatic heterocycles. The zero-order valence-corrected chi connectivity index (χ0v) is 16.4. The van der Waals surface area contributed by atoms with Crippen molar-refractivity contribution in [1.29, 1.82) is 0 Å². The Bertz CT molecular complexity index is 1280. The van der Waals surface area contributed by atoms with Gasteiger partial charge in [0.25, 0.3) is 5.56 Å². The topological polar surface area (TPSA) is 68.4 Å². The largest absolute Gasteiger partial charge is 0.324 e. The van der Waals surface area contributed by atoms with Gasteiger partial charge in [0.05, 0.1) is 5.52 Å². The minimum absolute atomic E-state index is 0.132. The normalized spacial score (nSPS) is 12.4. The zero-order chi connectivity index (χ0) is 20.0. The van der Waals surface area contributed by atoms with Crippen molar-refractivity contribution in [3.63, 3.8) is 0 Å². The first kappa shape index (κ1) is 18.0. The maximum absolute atomic E-state index is 13.1. The number of para-hydroxylation sites is 1. The summed E-state index contributed by atoms with van der Waals surface area (Å²) in [5.41, 5.74) is 4.83. The van der Waals surface area contributed by atoms with Gasteiger partial charge in [-0.15, -0.1) is 0 Å². The van der Waals surface area contributed by atoms with Gasteiger partial charge in [0, 0.05) is 22.8 Å². The number of anilines is 1. The van der Waals surface area contributed by atoms with Crippen LogP contribution in [-0.4, -0.2) is 20.1 Å². The van der Waals surface area contributed by atoms with Crippen LogP contribution >= 0.6 is 0 Å². The van der Waals surface area contributed by atoms with E-state index in [0.29, 0.717) is 5.65 Å². The number of carbonyl (C=O) groups excluding carboxylic acids is 1. The van der Waals surface area contributed by atoms with E-state index in [1.165, 1.54) is 6.07 Å². The molecule has 0 bridgehead atoms. The number of nitrogens with one attached hydrogen (secondary N) is 1. The van der Waals surface area contributed by atoms with E-state index in [4.69, 9.17) is 0 Å². The molecule has 2 heterocycles. The van der Waals surface area contributed by atoms with Crippen molar-refractivity contribution in [3.05, 3.63) is 75.7 Å². The molecule has 1 amide bonds. The molecule has 142 valence electrons. The van der Waals surface area contributed by atoms with Crippen LogP contribution in [-0.2, 0) is 4.79 Å². The van der Waals surface area contributed by atoms with Gasteiger partial charge in [0.15, 0.2) is 5.65 Å². The Kier molecular flexibility index (Phi) is 4.26. The Morgan fingerprint density at radius 1 is 1.07 bits per heavy atom. The van der Waals surface area contributed by atoms with Crippen LogP contribution in [0.5, 0.6) is 0 Å². The Morgan fingerprint density at radius 3 is 2.57 bits per heavy atom. The van der Waals surface area contributed by atoms with Gasteiger partial charge in [-0.1, -0.05) is 29.8 Å². The molecular formula is C22H22N4O2. The first-order valence-corrected chi connectivity index (χ1v) is 9.24. The predicted molar refractivity (Wildman–Crippen MR) is 111 cm³/mol. The highest BCUT2D eigenvalue weighted by molar-refractivity contribution is 5.97. The molecule has 4 rings (SSSR count). The summed E-state index contributed by atoms with van der Waals surface area (Å²) in [6.07, 6.45) is 0. The fourth-order valence-corrected chi connectivity index (χ4v) is 3.69. The van der Waals surface area contributed by atoms with Gasteiger partial charge in [-0.2, -0.15) is 4.98 Å². The van der Waals surface area contributed by atoms with E-state index in [1.807, 2.05) is 79.4 Å². The summed E-state index contributed by atoms with van der Waals surface area (Å²) < 4.78 is 3.74. The lowest BCUT2D eigenvalue weighted by molar-refractivity contribution is -0.119. The molecule has 28 heavy (non-hydrogen) atoms. The number of carbonyl (C=O) groups is 1. The Balaban J connectivity index is 1.85. The van der Waals surface area contributed by atoms with Gasteiger partial charge in [-0.3, -0.25) is 14.3 Å². The van der Waals surface area contributed by atoms with Crippen molar-refractivity contribution in [3.8, 4) is 0 Å². The van der Waals surface area contributed by atoms with Crippen molar-refractivity contribution < 1.29 is 4.79 Å².